The Kier molecular flexibility index (Phi) is 5.22. The summed E-state index contributed by atoms with van der Waals surface area (Å²) in [5, 5.41) is 2.49. The number of halogens is 2. The number of anilines is 1. The fourth-order valence-electron chi connectivity index (χ4n) is 2.45. The third-order valence-electron chi connectivity index (χ3n) is 3.76. The molecule has 0 unspecified atom stereocenters. The van der Waals surface area contributed by atoms with Crippen molar-refractivity contribution >= 4 is 27.7 Å². The maximum absolute atomic E-state index is 12.9. The van der Waals surface area contributed by atoms with Crippen LogP contribution in [-0.4, -0.2) is 15.5 Å². The molecular formula is C18H15BrFN3O3. The molecule has 6 nitrogen and oxygen atoms in total. The minimum atomic E-state index is -0.705. The minimum absolute atomic E-state index is 0.112. The Morgan fingerprint density at radius 1 is 1.15 bits per heavy atom. The average molecular weight is 420 g/mol. The Bertz CT molecular complexity index is 981. The van der Waals surface area contributed by atoms with Crippen LogP contribution in [-0.2, 0) is 18.4 Å². The second kappa shape index (κ2) is 7.57. The summed E-state index contributed by atoms with van der Waals surface area (Å²) in [6, 6.07) is 14.4. The molecule has 0 aliphatic rings. The SMILES string of the molecule is Cn1c(COC(=O)Nc2ccc(F)cc2)c(Br)c(=O)n1-c1ccccc1. The maximum Gasteiger partial charge on any atom is 0.412 e. The van der Waals surface area contributed by atoms with Crippen LogP contribution in [0.4, 0.5) is 14.9 Å². The summed E-state index contributed by atoms with van der Waals surface area (Å²) in [5.41, 5.74) is 1.36. The van der Waals surface area contributed by atoms with E-state index in [0.29, 0.717) is 21.5 Å². The molecule has 1 amide bonds. The fraction of sp³-hybridized carbons (Fsp3) is 0.111. The van der Waals surface area contributed by atoms with Gasteiger partial charge in [0.2, 0.25) is 0 Å². The highest BCUT2D eigenvalue weighted by Crippen LogP contribution is 2.17. The Hall–Kier alpha value is -2.87. The molecular weight excluding hydrogens is 405 g/mol. The minimum Gasteiger partial charge on any atom is -0.443 e. The van der Waals surface area contributed by atoms with Gasteiger partial charge in [0.05, 0.1) is 11.4 Å². The van der Waals surface area contributed by atoms with Crippen LogP contribution in [0.15, 0.2) is 63.9 Å². The molecule has 0 saturated carbocycles. The van der Waals surface area contributed by atoms with E-state index in [1.165, 1.54) is 28.9 Å². The van der Waals surface area contributed by atoms with E-state index in [1.54, 1.807) is 23.9 Å². The summed E-state index contributed by atoms with van der Waals surface area (Å²) < 4.78 is 21.5. The first-order valence-corrected chi connectivity index (χ1v) is 8.48. The van der Waals surface area contributed by atoms with E-state index in [9.17, 15) is 14.0 Å². The number of aromatic nitrogens is 2. The molecule has 0 spiro atoms. The number of ether oxygens (including phenoxy) is 1. The Morgan fingerprint density at radius 2 is 1.81 bits per heavy atom. The molecule has 0 bridgehead atoms. The second-order valence-corrected chi connectivity index (χ2v) is 6.24. The summed E-state index contributed by atoms with van der Waals surface area (Å²) in [6.45, 7) is -0.112. The molecule has 0 aliphatic heterocycles. The molecule has 1 heterocycles. The monoisotopic (exact) mass is 419 g/mol. The third kappa shape index (κ3) is 3.70. The van der Waals surface area contributed by atoms with Gasteiger partial charge in [-0.1, -0.05) is 18.2 Å². The predicted octanol–water partition coefficient (Wildman–Crippen LogP) is 3.83. The number of rotatable bonds is 4. The van der Waals surface area contributed by atoms with E-state index in [1.807, 2.05) is 18.2 Å². The summed E-state index contributed by atoms with van der Waals surface area (Å²) in [7, 11) is 1.70. The zero-order valence-electron chi connectivity index (χ0n) is 13.8. The van der Waals surface area contributed by atoms with E-state index < -0.39 is 11.9 Å². The van der Waals surface area contributed by atoms with Gasteiger partial charge >= 0.3 is 6.09 Å². The zero-order chi connectivity index (χ0) is 18.7. The number of carbonyl (C=O) groups is 1. The molecule has 3 rings (SSSR count). The van der Waals surface area contributed by atoms with Crippen LogP contribution in [0.5, 0.6) is 0 Å². The summed E-state index contributed by atoms with van der Waals surface area (Å²) in [6.07, 6.45) is -0.705. The van der Waals surface area contributed by atoms with Crippen LogP contribution in [0.1, 0.15) is 5.69 Å². The lowest BCUT2D eigenvalue weighted by Crippen LogP contribution is -2.20. The number of benzene rings is 2. The van der Waals surface area contributed by atoms with Gasteiger partial charge in [-0.15, -0.1) is 0 Å². The van der Waals surface area contributed by atoms with Gasteiger partial charge in [-0.3, -0.25) is 14.8 Å². The van der Waals surface area contributed by atoms with Crippen LogP contribution in [0.2, 0.25) is 0 Å². The van der Waals surface area contributed by atoms with Crippen molar-refractivity contribution in [2.75, 3.05) is 5.32 Å². The van der Waals surface area contributed by atoms with Gasteiger partial charge in [-0.05, 0) is 52.3 Å². The normalized spacial score (nSPS) is 10.6. The largest absolute Gasteiger partial charge is 0.443 e. The fourth-order valence-corrected chi connectivity index (χ4v) is 2.99. The number of para-hydroxylation sites is 1. The Morgan fingerprint density at radius 3 is 2.46 bits per heavy atom. The Labute approximate surface area is 156 Å². The molecule has 0 fully saturated rings. The van der Waals surface area contributed by atoms with Gasteiger partial charge in [0.25, 0.3) is 5.56 Å². The van der Waals surface area contributed by atoms with Crippen LogP contribution in [0, 0.1) is 5.82 Å². The number of hydrogen-bond acceptors (Lipinski definition) is 3. The third-order valence-corrected chi connectivity index (χ3v) is 4.55. The first-order valence-electron chi connectivity index (χ1n) is 7.68. The van der Waals surface area contributed by atoms with Gasteiger partial charge in [0.1, 0.15) is 16.9 Å². The van der Waals surface area contributed by atoms with Gasteiger partial charge in [-0.25, -0.2) is 13.9 Å². The first kappa shape index (κ1) is 17.9. The number of hydrogen-bond donors (Lipinski definition) is 1. The standard InChI is InChI=1S/C18H15BrFN3O3/c1-22-15(11-26-18(25)21-13-9-7-12(20)8-10-13)16(19)17(24)23(22)14-5-3-2-4-6-14/h2-10H,11H2,1H3,(H,21,25). The van der Waals surface area contributed by atoms with Gasteiger partial charge in [-0.2, -0.15) is 0 Å². The van der Waals surface area contributed by atoms with Crippen molar-refractivity contribution in [1.82, 2.24) is 9.36 Å². The molecule has 2 aromatic carbocycles. The quantitative estimate of drug-likeness (QED) is 0.698. The van der Waals surface area contributed by atoms with Gasteiger partial charge < -0.3 is 4.74 Å². The second-order valence-electron chi connectivity index (χ2n) is 5.44. The number of amides is 1. The van der Waals surface area contributed by atoms with Crippen molar-refractivity contribution in [3.8, 4) is 5.69 Å². The highest BCUT2D eigenvalue weighted by molar-refractivity contribution is 9.10. The molecule has 1 N–H and O–H groups in total. The summed E-state index contributed by atoms with van der Waals surface area (Å²) in [4.78, 5) is 24.4. The lowest BCUT2D eigenvalue weighted by molar-refractivity contribution is 0.151. The smallest absolute Gasteiger partial charge is 0.412 e. The van der Waals surface area contributed by atoms with Crippen LogP contribution < -0.4 is 10.9 Å². The highest BCUT2D eigenvalue weighted by atomic mass is 79.9. The van der Waals surface area contributed by atoms with Gasteiger partial charge in [0.15, 0.2) is 0 Å². The first-order chi connectivity index (χ1) is 12.5. The molecule has 134 valence electrons. The van der Waals surface area contributed by atoms with Crippen LogP contribution in [0.25, 0.3) is 5.69 Å². The highest BCUT2D eigenvalue weighted by Gasteiger charge is 2.18. The zero-order valence-corrected chi connectivity index (χ0v) is 15.4. The molecule has 0 atom stereocenters. The Balaban J connectivity index is 1.75. The van der Waals surface area contributed by atoms with Crippen molar-refractivity contribution < 1.29 is 13.9 Å². The molecule has 1 aromatic heterocycles. The van der Waals surface area contributed by atoms with E-state index in [4.69, 9.17) is 4.74 Å². The lowest BCUT2D eigenvalue weighted by Gasteiger charge is -2.11. The van der Waals surface area contributed by atoms with E-state index >= 15 is 0 Å². The van der Waals surface area contributed by atoms with Crippen molar-refractivity contribution in [1.29, 1.82) is 0 Å². The summed E-state index contributed by atoms with van der Waals surface area (Å²) >= 11 is 3.27. The van der Waals surface area contributed by atoms with Crippen molar-refractivity contribution in [2.24, 2.45) is 7.05 Å². The van der Waals surface area contributed by atoms with Crippen LogP contribution >= 0.6 is 15.9 Å². The van der Waals surface area contributed by atoms with Crippen molar-refractivity contribution in [3.63, 3.8) is 0 Å². The molecule has 26 heavy (non-hydrogen) atoms. The summed E-state index contributed by atoms with van der Waals surface area (Å²) in [5.74, 6) is -0.398. The number of nitrogens with one attached hydrogen (secondary N) is 1. The molecule has 0 radical (unpaired) electrons. The number of carbonyl (C=O) groups excluding carboxylic acids is 1. The lowest BCUT2D eigenvalue weighted by atomic mass is 10.3. The molecule has 0 aliphatic carbocycles. The average Bonchev–Trinajstić information content (AvgIpc) is 2.85. The molecule has 0 saturated heterocycles. The van der Waals surface area contributed by atoms with E-state index in [2.05, 4.69) is 21.2 Å². The predicted molar refractivity (Wildman–Crippen MR) is 98.9 cm³/mol. The topological polar surface area (TPSA) is 65.3 Å². The molecule has 8 heteroatoms. The van der Waals surface area contributed by atoms with Gasteiger partial charge in [0, 0.05) is 12.7 Å². The van der Waals surface area contributed by atoms with Crippen molar-refractivity contribution in [2.45, 2.75) is 6.61 Å². The van der Waals surface area contributed by atoms with Crippen LogP contribution in [0.3, 0.4) is 0 Å². The van der Waals surface area contributed by atoms with E-state index in [0.717, 1.165) is 0 Å². The molecule has 3 aromatic rings. The van der Waals surface area contributed by atoms with E-state index in [-0.39, 0.29) is 12.2 Å². The maximum atomic E-state index is 12.9. The van der Waals surface area contributed by atoms with Crippen molar-refractivity contribution in [3.05, 3.63) is 80.9 Å². The number of nitrogens with zero attached hydrogens (tertiary/aromatic N) is 2.